The Morgan fingerprint density at radius 1 is 1.26 bits per heavy atom. The zero-order valence-electron chi connectivity index (χ0n) is 12.2. The van der Waals surface area contributed by atoms with Gasteiger partial charge in [-0.2, -0.15) is 0 Å². The van der Waals surface area contributed by atoms with Crippen molar-refractivity contribution in [3.8, 4) is 0 Å². The molecule has 0 aliphatic carbocycles. The minimum absolute atomic E-state index is 0.221. The molecule has 0 saturated carbocycles. The Hall–Kier alpha value is -2.54. The third-order valence-corrected chi connectivity index (χ3v) is 5.13. The standard InChI is InChI=1S/C16H14N2O4S/c1-7-2-4-8(5-3-7)12(19)13-11(17)9-6-10(16(21)22)14(20)18-15(9)23-13/h2-6,9,15H,17H2,1H3,(H,18,20)(H,21,22). The van der Waals surface area contributed by atoms with E-state index in [-0.39, 0.29) is 11.4 Å². The molecule has 6 nitrogen and oxygen atoms in total. The van der Waals surface area contributed by atoms with Crippen LogP contribution in [0.2, 0.25) is 0 Å². The van der Waals surface area contributed by atoms with Crippen molar-refractivity contribution in [3.63, 3.8) is 0 Å². The van der Waals surface area contributed by atoms with Gasteiger partial charge in [-0.15, -0.1) is 0 Å². The van der Waals surface area contributed by atoms with Gasteiger partial charge in [0.25, 0.3) is 5.91 Å². The minimum Gasteiger partial charge on any atom is -0.478 e. The molecule has 2 aliphatic heterocycles. The molecule has 1 aromatic rings. The Bertz CT molecular complexity index is 780. The predicted molar refractivity (Wildman–Crippen MR) is 85.5 cm³/mol. The van der Waals surface area contributed by atoms with Crippen LogP contribution in [-0.2, 0) is 9.59 Å². The highest BCUT2D eigenvalue weighted by Gasteiger charge is 2.41. The van der Waals surface area contributed by atoms with Crippen LogP contribution < -0.4 is 11.1 Å². The maximum atomic E-state index is 12.6. The molecule has 1 amide bonds. The number of aliphatic carboxylic acids is 1. The minimum atomic E-state index is -1.31. The summed E-state index contributed by atoms with van der Waals surface area (Å²) in [5.74, 6) is -2.69. The van der Waals surface area contributed by atoms with Crippen molar-refractivity contribution < 1.29 is 19.5 Å². The summed E-state index contributed by atoms with van der Waals surface area (Å²) in [4.78, 5) is 35.8. The summed E-state index contributed by atoms with van der Waals surface area (Å²) >= 11 is 1.16. The monoisotopic (exact) mass is 330 g/mol. The predicted octanol–water partition coefficient (Wildman–Crippen LogP) is 1.18. The lowest BCUT2D eigenvalue weighted by Crippen LogP contribution is -2.43. The van der Waals surface area contributed by atoms with E-state index in [0.29, 0.717) is 16.2 Å². The third kappa shape index (κ3) is 2.63. The topological polar surface area (TPSA) is 109 Å². The van der Waals surface area contributed by atoms with Crippen molar-refractivity contribution in [1.29, 1.82) is 0 Å². The van der Waals surface area contributed by atoms with Gasteiger partial charge in [-0.25, -0.2) is 4.79 Å². The summed E-state index contributed by atoms with van der Waals surface area (Å²) in [6.07, 6.45) is 1.32. The first kappa shape index (κ1) is 15.4. The van der Waals surface area contributed by atoms with Crippen LogP contribution in [0, 0.1) is 12.8 Å². The number of benzene rings is 1. The Morgan fingerprint density at radius 3 is 2.52 bits per heavy atom. The molecule has 2 unspecified atom stereocenters. The largest absolute Gasteiger partial charge is 0.478 e. The number of nitrogens with two attached hydrogens (primary N) is 1. The van der Waals surface area contributed by atoms with Crippen molar-refractivity contribution >= 4 is 29.4 Å². The first-order valence-corrected chi connectivity index (χ1v) is 7.80. The van der Waals surface area contributed by atoms with Gasteiger partial charge in [-0.05, 0) is 6.92 Å². The molecular weight excluding hydrogens is 316 g/mol. The van der Waals surface area contributed by atoms with E-state index in [4.69, 9.17) is 10.8 Å². The lowest BCUT2D eigenvalue weighted by molar-refractivity contribution is -0.135. The van der Waals surface area contributed by atoms with Crippen LogP contribution in [0.3, 0.4) is 0 Å². The molecule has 0 spiro atoms. The van der Waals surface area contributed by atoms with Crippen LogP contribution in [-0.4, -0.2) is 28.1 Å². The number of fused-ring (bicyclic) bond motifs is 1. The van der Waals surface area contributed by atoms with E-state index in [1.165, 1.54) is 6.08 Å². The first-order chi connectivity index (χ1) is 10.9. The first-order valence-electron chi connectivity index (χ1n) is 6.92. The average molecular weight is 330 g/mol. The number of carbonyl (C=O) groups is 3. The summed E-state index contributed by atoms with van der Waals surface area (Å²) in [5, 5.41) is 11.2. The number of nitrogens with one attached hydrogen (secondary N) is 1. The molecule has 7 heteroatoms. The van der Waals surface area contributed by atoms with Crippen LogP contribution in [0.1, 0.15) is 15.9 Å². The van der Waals surface area contributed by atoms with Crippen LogP contribution in [0.4, 0.5) is 0 Å². The second-order valence-electron chi connectivity index (χ2n) is 5.40. The lowest BCUT2D eigenvalue weighted by atomic mass is 9.96. The summed E-state index contributed by atoms with van der Waals surface area (Å²) in [6.45, 7) is 1.93. The van der Waals surface area contributed by atoms with E-state index < -0.39 is 23.2 Å². The van der Waals surface area contributed by atoms with Gasteiger partial charge in [0, 0.05) is 17.2 Å². The zero-order chi connectivity index (χ0) is 16.7. The van der Waals surface area contributed by atoms with E-state index in [9.17, 15) is 14.4 Å². The van der Waals surface area contributed by atoms with Crippen molar-refractivity contribution in [2.45, 2.75) is 12.3 Å². The van der Waals surface area contributed by atoms with Gasteiger partial charge < -0.3 is 16.2 Å². The van der Waals surface area contributed by atoms with Gasteiger partial charge in [0.2, 0.25) is 5.78 Å². The Balaban J connectivity index is 1.94. The van der Waals surface area contributed by atoms with Crippen LogP contribution in [0.15, 0.2) is 46.5 Å². The zero-order valence-corrected chi connectivity index (χ0v) is 13.0. The van der Waals surface area contributed by atoms with Crippen molar-refractivity contribution in [2.24, 2.45) is 11.7 Å². The van der Waals surface area contributed by atoms with Crippen LogP contribution in [0.5, 0.6) is 0 Å². The molecule has 2 atom stereocenters. The second-order valence-corrected chi connectivity index (χ2v) is 6.55. The number of hydrogen-bond donors (Lipinski definition) is 3. The summed E-state index contributed by atoms with van der Waals surface area (Å²) in [6, 6.07) is 7.11. The lowest BCUT2D eigenvalue weighted by Gasteiger charge is -2.23. The fourth-order valence-corrected chi connectivity index (χ4v) is 3.82. The molecule has 2 heterocycles. The third-order valence-electron chi connectivity index (χ3n) is 3.81. The number of rotatable bonds is 3. The molecule has 0 saturated heterocycles. The number of ketones is 1. The van der Waals surface area contributed by atoms with Gasteiger partial charge >= 0.3 is 5.97 Å². The molecule has 23 heavy (non-hydrogen) atoms. The smallest absolute Gasteiger partial charge is 0.341 e. The number of carbonyl (C=O) groups excluding carboxylic acids is 2. The highest BCUT2D eigenvalue weighted by Crippen LogP contribution is 2.42. The van der Waals surface area contributed by atoms with Gasteiger partial charge in [-0.1, -0.05) is 47.7 Å². The van der Waals surface area contributed by atoms with Gasteiger partial charge in [0.15, 0.2) is 0 Å². The number of Topliss-reactive ketones (excluding diaryl/α,β-unsaturated/α-hetero) is 1. The number of allylic oxidation sites excluding steroid dienone is 1. The normalized spacial score (nSPS) is 23.2. The number of carboxylic acid groups (broad SMARTS) is 1. The second kappa shape index (κ2) is 5.58. The van der Waals surface area contributed by atoms with E-state index in [1.807, 2.05) is 19.1 Å². The Morgan fingerprint density at radius 2 is 1.91 bits per heavy atom. The number of thioether (sulfide) groups is 1. The highest BCUT2D eigenvalue weighted by molar-refractivity contribution is 8.04. The molecule has 1 aromatic carbocycles. The van der Waals surface area contributed by atoms with E-state index in [2.05, 4.69) is 5.32 Å². The van der Waals surface area contributed by atoms with E-state index in [1.54, 1.807) is 12.1 Å². The Labute approximate surface area is 136 Å². The molecule has 2 aliphatic rings. The maximum Gasteiger partial charge on any atom is 0.341 e. The van der Waals surface area contributed by atoms with E-state index >= 15 is 0 Å². The molecule has 0 fully saturated rings. The molecule has 0 aromatic heterocycles. The van der Waals surface area contributed by atoms with Crippen LogP contribution in [0.25, 0.3) is 0 Å². The van der Waals surface area contributed by atoms with Crippen LogP contribution >= 0.6 is 11.8 Å². The van der Waals surface area contributed by atoms with Gasteiger partial charge in [0.05, 0.1) is 10.3 Å². The van der Waals surface area contributed by atoms with Gasteiger partial charge in [-0.3, -0.25) is 9.59 Å². The molecular formula is C16H14N2O4S. The molecule has 0 bridgehead atoms. The van der Waals surface area contributed by atoms with Crippen molar-refractivity contribution in [2.75, 3.05) is 0 Å². The maximum absolute atomic E-state index is 12.6. The Kier molecular flexibility index (Phi) is 3.73. The molecule has 0 radical (unpaired) electrons. The molecule has 3 rings (SSSR count). The average Bonchev–Trinajstić information content (AvgIpc) is 2.82. The molecule has 4 N–H and O–H groups in total. The summed E-state index contributed by atoms with van der Waals surface area (Å²) < 4.78 is 0. The molecule has 118 valence electrons. The summed E-state index contributed by atoms with van der Waals surface area (Å²) in [5.41, 5.74) is 7.55. The number of amides is 1. The number of carboxylic acids is 1. The summed E-state index contributed by atoms with van der Waals surface area (Å²) in [7, 11) is 0. The van der Waals surface area contributed by atoms with Gasteiger partial charge in [0.1, 0.15) is 5.57 Å². The fraction of sp³-hybridized carbons (Fsp3) is 0.188. The number of hydrogen-bond acceptors (Lipinski definition) is 5. The highest BCUT2D eigenvalue weighted by atomic mass is 32.2. The quantitative estimate of drug-likeness (QED) is 0.567. The number of aryl methyl sites for hydroxylation is 1. The van der Waals surface area contributed by atoms with Crippen molar-refractivity contribution in [1.82, 2.24) is 5.32 Å². The SMILES string of the molecule is Cc1ccc(C(=O)C2=C(N)C3C=C(C(=O)O)C(=O)NC3S2)cc1. The van der Waals surface area contributed by atoms with Crippen molar-refractivity contribution in [3.05, 3.63) is 57.6 Å². The van der Waals surface area contributed by atoms with E-state index in [0.717, 1.165) is 17.3 Å². The fourth-order valence-electron chi connectivity index (χ4n) is 2.53.